The lowest BCUT2D eigenvalue weighted by Crippen LogP contribution is -2.24. The van der Waals surface area contributed by atoms with Crippen molar-refractivity contribution in [1.29, 1.82) is 0 Å². The summed E-state index contributed by atoms with van der Waals surface area (Å²) in [6.07, 6.45) is 0. The van der Waals surface area contributed by atoms with Crippen LogP contribution >= 0.6 is 0 Å². The van der Waals surface area contributed by atoms with Gasteiger partial charge in [-0.25, -0.2) is 0 Å². The molecule has 2 rings (SSSR count). The molecule has 1 amide bonds. The number of benzene rings is 1. The van der Waals surface area contributed by atoms with Crippen LogP contribution < -0.4 is 15.8 Å². The number of aromatic nitrogens is 1. The summed E-state index contributed by atoms with van der Waals surface area (Å²) >= 11 is 0. The summed E-state index contributed by atoms with van der Waals surface area (Å²) in [5.74, 6) is 0.256. The molecule has 0 saturated carbocycles. The first kappa shape index (κ1) is 13.9. The lowest BCUT2D eigenvalue weighted by molar-refractivity contribution is 0.0947. The molecular formula is C15H17N3O2. The summed E-state index contributed by atoms with van der Waals surface area (Å²) in [6.45, 7) is 2.27. The van der Waals surface area contributed by atoms with Gasteiger partial charge in [-0.3, -0.25) is 9.78 Å². The van der Waals surface area contributed by atoms with Crippen LogP contribution in [0.3, 0.4) is 0 Å². The molecule has 5 heteroatoms. The largest absolute Gasteiger partial charge is 0.496 e. The van der Waals surface area contributed by atoms with Crippen LogP contribution in [0.15, 0.2) is 36.4 Å². The van der Waals surface area contributed by atoms with Gasteiger partial charge in [0.05, 0.1) is 24.9 Å². The highest BCUT2D eigenvalue weighted by atomic mass is 16.5. The number of amides is 1. The van der Waals surface area contributed by atoms with E-state index >= 15 is 0 Å². The Balaban J connectivity index is 2.10. The maximum Gasteiger partial charge on any atom is 0.255 e. The monoisotopic (exact) mass is 271 g/mol. The van der Waals surface area contributed by atoms with Crippen LogP contribution in [0.1, 0.15) is 21.7 Å². The highest BCUT2D eigenvalue weighted by molar-refractivity contribution is 5.97. The Bertz CT molecular complexity index is 626. The maximum atomic E-state index is 12.2. The molecule has 0 radical (unpaired) electrons. The van der Waals surface area contributed by atoms with Crippen LogP contribution in [0.2, 0.25) is 0 Å². The molecule has 0 bridgehead atoms. The molecule has 0 atom stereocenters. The van der Waals surface area contributed by atoms with E-state index in [1.165, 1.54) is 7.11 Å². The first-order valence-corrected chi connectivity index (χ1v) is 6.24. The molecule has 0 fully saturated rings. The summed E-state index contributed by atoms with van der Waals surface area (Å²) in [5.41, 5.74) is 8.36. The number of aryl methyl sites for hydroxylation is 1. The van der Waals surface area contributed by atoms with Gasteiger partial charge in [0.25, 0.3) is 5.91 Å². The number of nitrogens with two attached hydrogens (primary N) is 1. The third-order valence-corrected chi connectivity index (χ3v) is 2.84. The van der Waals surface area contributed by atoms with Crippen molar-refractivity contribution in [3.63, 3.8) is 0 Å². The van der Waals surface area contributed by atoms with Crippen LogP contribution in [0, 0.1) is 6.92 Å². The van der Waals surface area contributed by atoms with E-state index in [2.05, 4.69) is 10.3 Å². The Morgan fingerprint density at radius 2 is 2.15 bits per heavy atom. The molecule has 1 aromatic heterocycles. The Hall–Kier alpha value is -2.56. The van der Waals surface area contributed by atoms with E-state index < -0.39 is 0 Å². The predicted molar refractivity (Wildman–Crippen MR) is 77.6 cm³/mol. The molecule has 3 N–H and O–H groups in total. The molecule has 0 saturated heterocycles. The van der Waals surface area contributed by atoms with Crippen molar-refractivity contribution in [3.05, 3.63) is 53.3 Å². The number of rotatable bonds is 4. The Morgan fingerprint density at radius 3 is 2.85 bits per heavy atom. The first-order valence-electron chi connectivity index (χ1n) is 6.24. The second kappa shape index (κ2) is 6.06. The molecule has 0 spiro atoms. The average Bonchev–Trinajstić information content (AvgIpc) is 2.45. The average molecular weight is 271 g/mol. The van der Waals surface area contributed by atoms with E-state index in [-0.39, 0.29) is 5.91 Å². The second-order valence-corrected chi connectivity index (χ2v) is 4.41. The van der Waals surface area contributed by atoms with Gasteiger partial charge in [-0.1, -0.05) is 6.07 Å². The third kappa shape index (κ3) is 3.26. The van der Waals surface area contributed by atoms with E-state index in [9.17, 15) is 4.79 Å². The van der Waals surface area contributed by atoms with Crippen LogP contribution in [-0.4, -0.2) is 18.0 Å². The van der Waals surface area contributed by atoms with Gasteiger partial charge in [0.2, 0.25) is 0 Å². The fraction of sp³-hybridized carbons (Fsp3) is 0.200. The van der Waals surface area contributed by atoms with Crippen LogP contribution in [0.4, 0.5) is 5.69 Å². The number of hydrogen-bond donors (Lipinski definition) is 2. The van der Waals surface area contributed by atoms with Gasteiger partial charge < -0.3 is 15.8 Å². The summed E-state index contributed by atoms with van der Waals surface area (Å²) in [6, 6.07) is 10.6. The normalized spacial score (nSPS) is 10.1. The van der Waals surface area contributed by atoms with E-state index in [0.717, 1.165) is 11.4 Å². The van der Waals surface area contributed by atoms with Gasteiger partial charge in [0.15, 0.2) is 0 Å². The van der Waals surface area contributed by atoms with Crippen molar-refractivity contribution in [2.24, 2.45) is 0 Å². The number of carbonyl (C=O) groups excluding carboxylic acids is 1. The quantitative estimate of drug-likeness (QED) is 0.833. The highest BCUT2D eigenvalue weighted by Gasteiger charge is 2.12. The molecule has 0 aliphatic rings. The standard InChI is InChI=1S/C15H17N3O2/c1-10-4-3-5-12(18-10)9-17-15(19)13-8-11(16)6-7-14(13)20-2/h3-8H,9,16H2,1-2H3,(H,17,19). The molecule has 1 aromatic carbocycles. The number of anilines is 1. The predicted octanol–water partition coefficient (Wildman–Crippen LogP) is 1.91. The number of hydrogen-bond acceptors (Lipinski definition) is 4. The zero-order valence-electron chi connectivity index (χ0n) is 11.5. The minimum absolute atomic E-state index is 0.238. The van der Waals surface area contributed by atoms with Gasteiger partial charge in [0, 0.05) is 11.4 Å². The van der Waals surface area contributed by atoms with Crippen molar-refractivity contribution in [2.75, 3.05) is 12.8 Å². The van der Waals surface area contributed by atoms with Gasteiger partial charge in [0.1, 0.15) is 5.75 Å². The SMILES string of the molecule is COc1ccc(N)cc1C(=O)NCc1cccc(C)n1. The summed E-state index contributed by atoms with van der Waals surface area (Å²) in [4.78, 5) is 16.5. The van der Waals surface area contributed by atoms with Gasteiger partial charge in [-0.15, -0.1) is 0 Å². The van der Waals surface area contributed by atoms with Crippen molar-refractivity contribution in [2.45, 2.75) is 13.5 Å². The number of nitrogen functional groups attached to an aromatic ring is 1. The van der Waals surface area contributed by atoms with Gasteiger partial charge in [-0.2, -0.15) is 0 Å². The topological polar surface area (TPSA) is 77.2 Å². The third-order valence-electron chi connectivity index (χ3n) is 2.84. The van der Waals surface area contributed by atoms with E-state index in [1.54, 1.807) is 18.2 Å². The zero-order valence-corrected chi connectivity index (χ0v) is 11.5. The fourth-order valence-electron chi connectivity index (χ4n) is 1.87. The lowest BCUT2D eigenvalue weighted by atomic mass is 10.1. The number of pyridine rings is 1. The first-order chi connectivity index (χ1) is 9.60. The number of carbonyl (C=O) groups is 1. The Morgan fingerprint density at radius 1 is 1.35 bits per heavy atom. The number of nitrogens with one attached hydrogen (secondary N) is 1. The van der Waals surface area contributed by atoms with Crippen molar-refractivity contribution >= 4 is 11.6 Å². The van der Waals surface area contributed by atoms with Crippen LogP contribution in [0.25, 0.3) is 0 Å². The molecule has 0 aliphatic heterocycles. The fourth-order valence-corrected chi connectivity index (χ4v) is 1.87. The van der Waals surface area contributed by atoms with E-state index in [1.807, 2.05) is 25.1 Å². The second-order valence-electron chi connectivity index (χ2n) is 4.41. The molecule has 0 unspecified atom stereocenters. The van der Waals surface area contributed by atoms with Gasteiger partial charge >= 0.3 is 0 Å². The van der Waals surface area contributed by atoms with Crippen molar-refractivity contribution in [1.82, 2.24) is 10.3 Å². The molecule has 20 heavy (non-hydrogen) atoms. The number of methoxy groups -OCH3 is 1. The van der Waals surface area contributed by atoms with Gasteiger partial charge in [-0.05, 0) is 37.3 Å². The molecule has 5 nitrogen and oxygen atoms in total. The van der Waals surface area contributed by atoms with Crippen LogP contribution in [0.5, 0.6) is 5.75 Å². The lowest BCUT2D eigenvalue weighted by Gasteiger charge is -2.10. The summed E-state index contributed by atoms with van der Waals surface area (Å²) in [5, 5.41) is 2.81. The van der Waals surface area contributed by atoms with E-state index in [0.29, 0.717) is 23.5 Å². The van der Waals surface area contributed by atoms with Crippen molar-refractivity contribution < 1.29 is 9.53 Å². The summed E-state index contributed by atoms with van der Waals surface area (Å²) < 4.78 is 5.16. The minimum Gasteiger partial charge on any atom is -0.496 e. The highest BCUT2D eigenvalue weighted by Crippen LogP contribution is 2.20. The molecular weight excluding hydrogens is 254 g/mol. The molecule has 0 aliphatic carbocycles. The minimum atomic E-state index is -0.238. The van der Waals surface area contributed by atoms with Crippen LogP contribution in [-0.2, 0) is 6.54 Å². The molecule has 2 aromatic rings. The number of ether oxygens (including phenoxy) is 1. The summed E-state index contributed by atoms with van der Waals surface area (Å²) in [7, 11) is 1.52. The Labute approximate surface area is 117 Å². The molecule has 104 valence electrons. The maximum absolute atomic E-state index is 12.2. The molecule has 1 heterocycles. The smallest absolute Gasteiger partial charge is 0.255 e. The Kier molecular flexibility index (Phi) is 4.20. The zero-order chi connectivity index (χ0) is 14.5. The van der Waals surface area contributed by atoms with Crippen molar-refractivity contribution in [3.8, 4) is 5.75 Å². The van der Waals surface area contributed by atoms with E-state index in [4.69, 9.17) is 10.5 Å². The number of nitrogens with zero attached hydrogens (tertiary/aromatic N) is 1.